The minimum absolute atomic E-state index is 0.0450. The Morgan fingerprint density at radius 2 is 1.20 bits per heavy atom. The van der Waals surface area contributed by atoms with Crippen molar-refractivity contribution in [2.75, 3.05) is 0 Å². The van der Waals surface area contributed by atoms with E-state index in [0.29, 0.717) is 15.4 Å². The molecule has 6 rings (SSSR count). The molecule has 2 aromatic carbocycles. The summed E-state index contributed by atoms with van der Waals surface area (Å²) in [6.07, 6.45) is 7.72. The Morgan fingerprint density at radius 1 is 0.609 bits per heavy atom. The van der Waals surface area contributed by atoms with E-state index in [1.165, 1.54) is 0 Å². The van der Waals surface area contributed by atoms with E-state index in [2.05, 4.69) is 30.3 Å². The third-order valence-corrected chi connectivity index (χ3v) is 9.16. The van der Waals surface area contributed by atoms with Crippen molar-refractivity contribution < 1.29 is 0 Å². The second-order valence-corrected chi connectivity index (χ2v) is 15.7. The highest BCUT2D eigenvalue weighted by Gasteiger charge is 2.25. The molecule has 0 atom stereocenters. The van der Waals surface area contributed by atoms with E-state index < -0.39 is 11.1 Å². The van der Waals surface area contributed by atoms with Crippen molar-refractivity contribution in [3.63, 3.8) is 0 Å². The molecule has 7 heteroatoms. The highest BCUT2D eigenvalue weighted by atomic mass is 32.1. The number of pyridine rings is 4. The molecule has 0 bridgehead atoms. The first-order valence-corrected chi connectivity index (χ1v) is 16.2. The van der Waals surface area contributed by atoms with E-state index in [4.69, 9.17) is 12.2 Å². The van der Waals surface area contributed by atoms with Gasteiger partial charge in [-0.25, -0.2) is 0 Å². The van der Waals surface area contributed by atoms with E-state index in [1.807, 2.05) is 126 Å². The van der Waals surface area contributed by atoms with Crippen molar-refractivity contribution in [1.29, 1.82) is 0 Å². The standard InChI is InChI=1S/C39H42N4O2S/c1-23-14-15-24-28(20-23)34(44)42(38(5,6)7)21-29(24)25-12-11-13-26-30(22-43(39(8,9)10)35(45)32(25)26)27-16-18-40-31-17-19-41(37(2,3)4)36(46)33(27)31/h11-22H,1-10H3. The third kappa shape index (κ3) is 5.11. The van der Waals surface area contributed by atoms with Crippen molar-refractivity contribution in [2.45, 2.75) is 85.9 Å². The van der Waals surface area contributed by atoms with Crippen molar-refractivity contribution in [3.05, 3.63) is 104 Å². The molecule has 0 amide bonds. The van der Waals surface area contributed by atoms with Crippen molar-refractivity contribution in [3.8, 4) is 22.3 Å². The summed E-state index contributed by atoms with van der Waals surface area (Å²) in [5.41, 5.74) is 3.94. The van der Waals surface area contributed by atoms with Gasteiger partial charge in [0.15, 0.2) is 0 Å². The van der Waals surface area contributed by atoms with Gasteiger partial charge in [-0.3, -0.25) is 14.6 Å². The molecule has 4 aromatic heterocycles. The number of hydrogen-bond acceptors (Lipinski definition) is 4. The fraction of sp³-hybridized carbons (Fsp3) is 0.333. The van der Waals surface area contributed by atoms with Crippen LogP contribution in [0.25, 0.3) is 54.7 Å². The number of aromatic nitrogens is 4. The lowest BCUT2D eigenvalue weighted by atomic mass is 9.91. The smallest absolute Gasteiger partial charge is 0.259 e. The first-order valence-electron chi connectivity index (χ1n) is 15.8. The highest BCUT2D eigenvalue weighted by Crippen LogP contribution is 2.39. The molecule has 6 nitrogen and oxygen atoms in total. The lowest BCUT2D eigenvalue weighted by Crippen LogP contribution is -2.34. The zero-order chi connectivity index (χ0) is 33.5. The Balaban J connectivity index is 1.83. The summed E-state index contributed by atoms with van der Waals surface area (Å²) in [7, 11) is 0. The van der Waals surface area contributed by atoms with E-state index in [9.17, 15) is 9.59 Å². The largest absolute Gasteiger partial charge is 0.333 e. The van der Waals surface area contributed by atoms with Gasteiger partial charge in [-0.05, 0) is 109 Å². The molecule has 0 saturated carbocycles. The summed E-state index contributed by atoms with van der Waals surface area (Å²) < 4.78 is 6.42. The average Bonchev–Trinajstić information content (AvgIpc) is 2.95. The summed E-state index contributed by atoms with van der Waals surface area (Å²) >= 11 is 6.13. The normalized spacial score (nSPS) is 12.8. The maximum absolute atomic E-state index is 14.7. The average molecular weight is 631 g/mol. The molecule has 0 spiro atoms. The zero-order valence-electron chi connectivity index (χ0n) is 28.4. The summed E-state index contributed by atoms with van der Waals surface area (Å²) in [5.74, 6) is 0. The summed E-state index contributed by atoms with van der Waals surface area (Å²) in [4.78, 5) is 33.2. The Morgan fingerprint density at radius 3 is 1.83 bits per heavy atom. The van der Waals surface area contributed by atoms with Crippen LogP contribution in [0.5, 0.6) is 0 Å². The molecule has 0 unspecified atom stereocenters. The second-order valence-electron chi connectivity index (χ2n) is 15.3. The lowest BCUT2D eigenvalue weighted by molar-refractivity contribution is 0.386. The molecule has 0 fully saturated rings. The fourth-order valence-electron chi connectivity index (χ4n) is 6.41. The van der Waals surface area contributed by atoms with Gasteiger partial charge in [0, 0.05) is 63.3 Å². The van der Waals surface area contributed by atoms with E-state index >= 15 is 0 Å². The number of nitrogens with zero attached hydrogens (tertiary/aromatic N) is 4. The van der Waals surface area contributed by atoms with Crippen molar-refractivity contribution >= 4 is 44.7 Å². The lowest BCUT2D eigenvalue weighted by Gasteiger charge is -2.27. The maximum Gasteiger partial charge on any atom is 0.259 e. The van der Waals surface area contributed by atoms with Crippen LogP contribution in [0.4, 0.5) is 0 Å². The molecule has 0 aliphatic carbocycles. The zero-order valence-corrected chi connectivity index (χ0v) is 29.3. The van der Waals surface area contributed by atoms with Gasteiger partial charge in [-0.1, -0.05) is 48.1 Å². The Labute approximate surface area is 275 Å². The molecule has 236 valence electrons. The van der Waals surface area contributed by atoms with Crippen LogP contribution in [-0.4, -0.2) is 18.7 Å². The molecule has 6 aromatic rings. The van der Waals surface area contributed by atoms with Gasteiger partial charge < -0.3 is 13.7 Å². The summed E-state index contributed by atoms with van der Waals surface area (Å²) in [5, 5.41) is 3.77. The van der Waals surface area contributed by atoms with Gasteiger partial charge in [-0.2, -0.15) is 0 Å². The minimum atomic E-state index is -0.512. The molecule has 0 saturated heterocycles. The predicted molar refractivity (Wildman–Crippen MR) is 195 cm³/mol. The van der Waals surface area contributed by atoms with Crippen LogP contribution < -0.4 is 11.1 Å². The molecule has 0 aliphatic rings. The van der Waals surface area contributed by atoms with E-state index in [1.54, 1.807) is 4.57 Å². The fourth-order valence-corrected chi connectivity index (χ4v) is 6.96. The Hall–Kier alpha value is -4.36. The Kier molecular flexibility index (Phi) is 7.28. The van der Waals surface area contributed by atoms with Crippen LogP contribution in [0.2, 0.25) is 0 Å². The van der Waals surface area contributed by atoms with Gasteiger partial charge in [0.1, 0.15) is 4.64 Å². The van der Waals surface area contributed by atoms with Gasteiger partial charge in [-0.15, -0.1) is 0 Å². The van der Waals surface area contributed by atoms with Crippen LogP contribution in [0.1, 0.15) is 67.9 Å². The van der Waals surface area contributed by atoms with Gasteiger partial charge >= 0.3 is 0 Å². The summed E-state index contributed by atoms with van der Waals surface area (Å²) in [6, 6.07) is 16.0. The van der Waals surface area contributed by atoms with Crippen molar-refractivity contribution in [1.82, 2.24) is 18.7 Å². The monoisotopic (exact) mass is 630 g/mol. The van der Waals surface area contributed by atoms with Crippen molar-refractivity contribution in [2.24, 2.45) is 0 Å². The first kappa shape index (κ1) is 31.6. The highest BCUT2D eigenvalue weighted by molar-refractivity contribution is 7.71. The van der Waals surface area contributed by atoms with Crippen LogP contribution in [0.15, 0.2) is 82.9 Å². The number of hydrogen-bond donors (Lipinski definition) is 0. The topological polar surface area (TPSA) is 61.8 Å². The SMILES string of the molecule is Cc1ccc2c(-c3cccc4c(-c5ccnc6ccn(C(C)(C)C)c(=S)c56)cn(C(C)(C)C)c(=O)c34)cn(C(C)(C)C)c(=O)c2c1. The number of rotatable bonds is 2. The number of benzene rings is 2. The van der Waals surface area contributed by atoms with Gasteiger partial charge in [0.05, 0.1) is 10.9 Å². The molecular formula is C39H42N4O2S. The van der Waals surface area contributed by atoms with Crippen LogP contribution >= 0.6 is 12.2 Å². The number of aryl methyl sites for hydroxylation is 1. The number of fused-ring (bicyclic) bond motifs is 3. The molecule has 0 N–H and O–H groups in total. The maximum atomic E-state index is 14.7. The van der Waals surface area contributed by atoms with Crippen LogP contribution in [0, 0.1) is 11.6 Å². The predicted octanol–water partition coefficient (Wildman–Crippen LogP) is 9.30. The third-order valence-electron chi connectivity index (χ3n) is 8.76. The molecule has 4 heterocycles. The molecule has 0 aliphatic heterocycles. The quantitative estimate of drug-likeness (QED) is 0.179. The minimum Gasteiger partial charge on any atom is -0.333 e. The van der Waals surface area contributed by atoms with Gasteiger partial charge in [0.25, 0.3) is 11.1 Å². The molecule has 0 radical (unpaired) electrons. The van der Waals surface area contributed by atoms with Crippen LogP contribution in [-0.2, 0) is 16.6 Å². The Bertz CT molecular complexity index is 2390. The molecule has 46 heavy (non-hydrogen) atoms. The second kappa shape index (κ2) is 10.6. The summed E-state index contributed by atoms with van der Waals surface area (Å²) in [6.45, 7) is 20.6. The van der Waals surface area contributed by atoms with Gasteiger partial charge in [0.2, 0.25) is 0 Å². The van der Waals surface area contributed by atoms with E-state index in [0.717, 1.165) is 49.5 Å². The molecular weight excluding hydrogens is 589 g/mol. The first-order chi connectivity index (χ1) is 21.4. The van der Waals surface area contributed by atoms with Crippen LogP contribution in [0.3, 0.4) is 0 Å². The van der Waals surface area contributed by atoms with E-state index in [-0.39, 0.29) is 16.7 Å².